The average molecular weight is 384 g/mol. The molecule has 150 valence electrons. The number of anilines is 1. The van der Waals surface area contributed by atoms with Gasteiger partial charge in [-0.2, -0.15) is 5.10 Å². The first-order valence-electron chi connectivity index (χ1n) is 10.3. The van der Waals surface area contributed by atoms with Gasteiger partial charge in [0.2, 0.25) is 0 Å². The molecule has 3 fully saturated rings. The first kappa shape index (κ1) is 18.1. The van der Waals surface area contributed by atoms with Crippen molar-refractivity contribution in [2.75, 3.05) is 24.5 Å². The Balaban J connectivity index is 1.35. The molecule has 2 aromatic rings. The highest BCUT2D eigenvalue weighted by molar-refractivity contribution is 5.40. The number of pyridine rings is 1. The number of piperidine rings is 2. The molecule has 3 saturated heterocycles. The van der Waals surface area contributed by atoms with E-state index in [1.807, 2.05) is 17.9 Å². The zero-order valence-corrected chi connectivity index (χ0v) is 16.3. The number of hydrogen-bond acceptors (Lipinski definition) is 7. The van der Waals surface area contributed by atoms with Gasteiger partial charge in [-0.05, 0) is 31.4 Å². The van der Waals surface area contributed by atoms with Gasteiger partial charge in [0.15, 0.2) is 0 Å². The van der Waals surface area contributed by atoms with Gasteiger partial charge in [-0.25, -0.2) is 10.4 Å². The quantitative estimate of drug-likeness (QED) is 0.619. The summed E-state index contributed by atoms with van der Waals surface area (Å²) in [6.45, 7) is 2.56. The Kier molecular flexibility index (Phi) is 4.80. The van der Waals surface area contributed by atoms with Crippen LogP contribution < -0.4 is 21.1 Å². The molecule has 3 aliphatic heterocycles. The van der Waals surface area contributed by atoms with Gasteiger partial charge in [0, 0.05) is 56.4 Å². The topological polar surface area (TPSA) is 90.3 Å². The molecule has 0 radical (unpaired) electrons. The number of hydrogen-bond donors (Lipinski definition) is 4. The second-order valence-electron chi connectivity index (χ2n) is 8.34. The molecule has 0 aromatic carbocycles. The molecule has 0 aliphatic carbocycles. The molecule has 8 nitrogen and oxygen atoms in total. The van der Waals surface area contributed by atoms with E-state index in [2.05, 4.69) is 50.6 Å². The summed E-state index contributed by atoms with van der Waals surface area (Å²) in [5.41, 5.74) is 9.27. The Morgan fingerprint density at radius 3 is 3.00 bits per heavy atom. The number of nitrogens with zero attached hydrogens (tertiary/aromatic N) is 4. The van der Waals surface area contributed by atoms with Crippen molar-refractivity contribution < 1.29 is 5.11 Å². The summed E-state index contributed by atoms with van der Waals surface area (Å²) in [6, 6.07) is 7.16. The lowest BCUT2D eigenvalue weighted by atomic mass is 9.82. The van der Waals surface area contributed by atoms with Gasteiger partial charge >= 0.3 is 0 Å². The van der Waals surface area contributed by atoms with E-state index in [1.54, 1.807) is 0 Å². The number of β-amino-alcohol motifs (C(OH)–C–C–N with tert-alkyl or cyclic N) is 1. The standard InChI is InChI=1S/C20H29N7O/c1-26-11-13(9-22-26)17-8-15-18(10-21-17)24-25-20(15)16-5-2-6-19(23-16)27-7-3-4-14(28)12-27/h2,5-6,9,11,14-15,17-18,20-21,24-25,28H,3-4,7-8,10,12H2,1H3/t14-,15?,17?,18?,20?/m0/s1. The fourth-order valence-electron chi connectivity index (χ4n) is 4.89. The van der Waals surface area contributed by atoms with E-state index in [4.69, 9.17) is 4.98 Å². The SMILES string of the molecule is Cn1cc(C2CC3C(CN2)NNC3c2cccc(N3CCC[C@H](O)C3)n2)cn1. The first-order chi connectivity index (χ1) is 13.7. The van der Waals surface area contributed by atoms with E-state index in [9.17, 15) is 5.11 Å². The largest absolute Gasteiger partial charge is 0.391 e. The van der Waals surface area contributed by atoms with Crippen molar-refractivity contribution in [2.45, 2.75) is 43.5 Å². The van der Waals surface area contributed by atoms with Gasteiger partial charge in [0.1, 0.15) is 5.82 Å². The van der Waals surface area contributed by atoms with Crippen molar-refractivity contribution in [1.82, 2.24) is 30.9 Å². The molecule has 0 spiro atoms. The van der Waals surface area contributed by atoms with E-state index < -0.39 is 0 Å². The van der Waals surface area contributed by atoms with Gasteiger partial charge in [-0.3, -0.25) is 10.1 Å². The fourth-order valence-corrected chi connectivity index (χ4v) is 4.89. The third-order valence-corrected chi connectivity index (χ3v) is 6.38. The van der Waals surface area contributed by atoms with Crippen LogP contribution in [-0.2, 0) is 7.05 Å². The Bertz CT molecular complexity index is 824. The van der Waals surface area contributed by atoms with Gasteiger partial charge < -0.3 is 15.3 Å². The Labute approximate surface area is 165 Å². The summed E-state index contributed by atoms with van der Waals surface area (Å²) in [5, 5.41) is 18.0. The van der Waals surface area contributed by atoms with E-state index in [-0.39, 0.29) is 12.1 Å². The summed E-state index contributed by atoms with van der Waals surface area (Å²) in [7, 11) is 1.96. The molecule has 0 amide bonds. The van der Waals surface area contributed by atoms with Crippen LogP contribution >= 0.6 is 0 Å². The lowest BCUT2D eigenvalue weighted by molar-refractivity contribution is 0.154. The molecule has 8 heteroatoms. The van der Waals surface area contributed by atoms with E-state index in [0.717, 1.165) is 43.9 Å². The van der Waals surface area contributed by atoms with Crippen LogP contribution in [0.5, 0.6) is 0 Å². The fraction of sp³-hybridized carbons (Fsp3) is 0.600. The van der Waals surface area contributed by atoms with Crippen LogP contribution in [0, 0.1) is 5.92 Å². The molecule has 2 aromatic heterocycles. The van der Waals surface area contributed by atoms with Gasteiger partial charge in [0.25, 0.3) is 0 Å². The number of aromatic nitrogens is 3. The van der Waals surface area contributed by atoms with Gasteiger partial charge in [-0.15, -0.1) is 0 Å². The zero-order valence-electron chi connectivity index (χ0n) is 16.3. The second kappa shape index (κ2) is 7.44. The maximum Gasteiger partial charge on any atom is 0.128 e. The molecular formula is C20H29N7O. The molecule has 3 aliphatic rings. The smallest absolute Gasteiger partial charge is 0.128 e. The summed E-state index contributed by atoms with van der Waals surface area (Å²) < 4.78 is 1.86. The summed E-state index contributed by atoms with van der Waals surface area (Å²) in [6.07, 6.45) is 6.75. The average Bonchev–Trinajstić information content (AvgIpc) is 3.34. The minimum atomic E-state index is -0.250. The number of rotatable bonds is 3. The van der Waals surface area contributed by atoms with Crippen molar-refractivity contribution in [3.05, 3.63) is 41.9 Å². The van der Waals surface area contributed by atoms with Crippen LogP contribution in [0.1, 0.15) is 42.6 Å². The maximum absolute atomic E-state index is 10.0. The summed E-state index contributed by atoms with van der Waals surface area (Å²) in [4.78, 5) is 7.19. The summed E-state index contributed by atoms with van der Waals surface area (Å²) >= 11 is 0. The first-order valence-corrected chi connectivity index (χ1v) is 10.3. The highest BCUT2D eigenvalue weighted by atomic mass is 16.3. The molecule has 4 N–H and O–H groups in total. The number of aliphatic hydroxyl groups excluding tert-OH is 1. The third kappa shape index (κ3) is 3.41. The molecule has 0 bridgehead atoms. The zero-order chi connectivity index (χ0) is 19.1. The van der Waals surface area contributed by atoms with Gasteiger partial charge in [0.05, 0.1) is 24.0 Å². The van der Waals surface area contributed by atoms with E-state index in [1.165, 1.54) is 5.56 Å². The van der Waals surface area contributed by atoms with Crippen LogP contribution in [0.15, 0.2) is 30.6 Å². The van der Waals surface area contributed by atoms with Crippen molar-refractivity contribution in [3.63, 3.8) is 0 Å². The third-order valence-electron chi connectivity index (χ3n) is 6.38. The number of hydrazine groups is 1. The molecule has 5 atom stereocenters. The predicted molar refractivity (Wildman–Crippen MR) is 107 cm³/mol. The lowest BCUT2D eigenvalue weighted by Crippen LogP contribution is -2.46. The maximum atomic E-state index is 10.0. The molecule has 28 heavy (non-hydrogen) atoms. The van der Waals surface area contributed by atoms with E-state index in [0.29, 0.717) is 24.5 Å². The Hall–Kier alpha value is -2.00. The Morgan fingerprint density at radius 1 is 1.25 bits per heavy atom. The molecule has 5 rings (SSSR count). The highest BCUT2D eigenvalue weighted by Gasteiger charge is 2.42. The summed E-state index contributed by atoms with van der Waals surface area (Å²) in [5.74, 6) is 1.43. The molecule has 0 saturated carbocycles. The normalized spacial score (nSPS) is 33.1. The second-order valence-corrected chi connectivity index (χ2v) is 8.34. The van der Waals surface area contributed by atoms with Crippen molar-refractivity contribution in [1.29, 1.82) is 0 Å². The van der Waals surface area contributed by atoms with Gasteiger partial charge in [-0.1, -0.05) is 6.07 Å². The van der Waals surface area contributed by atoms with Crippen LogP contribution in [0.25, 0.3) is 0 Å². The molecule has 5 heterocycles. The number of aryl methyl sites for hydroxylation is 1. The van der Waals surface area contributed by atoms with Crippen LogP contribution in [-0.4, -0.2) is 51.7 Å². The predicted octanol–water partition coefficient (Wildman–Crippen LogP) is 0.645. The molecular weight excluding hydrogens is 354 g/mol. The van der Waals surface area contributed by atoms with Crippen LogP contribution in [0.4, 0.5) is 5.82 Å². The van der Waals surface area contributed by atoms with Crippen molar-refractivity contribution in [2.24, 2.45) is 13.0 Å². The van der Waals surface area contributed by atoms with Crippen LogP contribution in [0.2, 0.25) is 0 Å². The van der Waals surface area contributed by atoms with Crippen LogP contribution in [0.3, 0.4) is 0 Å². The van der Waals surface area contributed by atoms with Crippen molar-refractivity contribution >= 4 is 5.82 Å². The molecule has 4 unspecified atom stereocenters. The minimum Gasteiger partial charge on any atom is -0.391 e. The number of fused-ring (bicyclic) bond motifs is 1. The monoisotopic (exact) mass is 383 g/mol. The number of aliphatic hydroxyl groups is 1. The highest BCUT2D eigenvalue weighted by Crippen LogP contribution is 2.38. The Morgan fingerprint density at radius 2 is 2.18 bits per heavy atom. The lowest BCUT2D eigenvalue weighted by Gasteiger charge is -2.34. The van der Waals surface area contributed by atoms with Crippen molar-refractivity contribution in [3.8, 4) is 0 Å². The number of nitrogens with one attached hydrogen (secondary N) is 3. The van der Waals surface area contributed by atoms with E-state index >= 15 is 0 Å². The minimum absolute atomic E-state index is 0.181.